The monoisotopic (exact) mass is 193 g/mol. The number of hydrogen-bond donors (Lipinski definition) is 0. The van der Waals surface area contributed by atoms with Gasteiger partial charge < -0.3 is 0 Å². The first-order valence-corrected chi connectivity index (χ1v) is 4.71. The molecule has 0 spiro atoms. The Hall–Kier alpha value is -2.21. The number of rotatable bonds is 0. The molecular formula is C12H7N3. The lowest BCUT2D eigenvalue weighted by molar-refractivity contribution is 1.10. The van der Waals surface area contributed by atoms with Gasteiger partial charge in [0.15, 0.2) is 6.04 Å². The van der Waals surface area contributed by atoms with Gasteiger partial charge in [-0.1, -0.05) is 18.2 Å². The van der Waals surface area contributed by atoms with Crippen LogP contribution in [-0.2, 0) is 0 Å². The van der Waals surface area contributed by atoms with E-state index in [-0.39, 0.29) is 0 Å². The zero-order chi connectivity index (χ0) is 10.3. The summed E-state index contributed by atoms with van der Waals surface area (Å²) in [7, 11) is 0. The Kier molecular flexibility index (Phi) is 1.57. The second-order valence-electron chi connectivity index (χ2n) is 3.42. The first-order chi connectivity index (χ1) is 7.40. The van der Waals surface area contributed by atoms with Crippen molar-refractivity contribution < 1.29 is 0 Å². The Labute approximate surface area is 87.1 Å². The number of fused-ring (bicyclic) bond motifs is 3. The van der Waals surface area contributed by atoms with E-state index >= 15 is 0 Å². The molecule has 0 radical (unpaired) electrons. The molecule has 0 aliphatic carbocycles. The average Bonchev–Trinajstić information content (AvgIpc) is 2.67. The molecule has 0 N–H and O–H groups in total. The largest absolute Gasteiger partial charge is 0.268 e. The van der Waals surface area contributed by atoms with Crippen molar-refractivity contribution in [2.75, 3.05) is 0 Å². The third-order valence-corrected chi connectivity index (χ3v) is 2.57. The van der Waals surface area contributed by atoms with Crippen molar-refractivity contribution in [2.45, 2.75) is 6.04 Å². The maximum absolute atomic E-state index is 8.95. The fourth-order valence-electron chi connectivity index (χ4n) is 1.88. The Morgan fingerprint density at radius 1 is 1.27 bits per heavy atom. The summed E-state index contributed by atoms with van der Waals surface area (Å²) in [6.45, 7) is 0. The Bertz CT molecular complexity index is 558. The molecule has 1 aromatic rings. The summed E-state index contributed by atoms with van der Waals surface area (Å²) in [6, 6.07) is 9.59. The minimum atomic E-state index is -0.447. The van der Waals surface area contributed by atoms with E-state index in [1.807, 2.05) is 30.3 Å². The number of allylic oxidation sites excluding steroid dienone is 1. The molecule has 0 saturated heterocycles. The van der Waals surface area contributed by atoms with Crippen molar-refractivity contribution in [3.63, 3.8) is 0 Å². The number of hydrogen-bond acceptors (Lipinski definition) is 3. The van der Waals surface area contributed by atoms with Crippen LogP contribution >= 0.6 is 0 Å². The lowest BCUT2D eigenvalue weighted by atomic mass is 9.97. The summed E-state index contributed by atoms with van der Waals surface area (Å²) in [5, 5.41) is 8.95. The molecule has 0 fully saturated rings. The van der Waals surface area contributed by atoms with Gasteiger partial charge in [-0.05, 0) is 12.1 Å². The molecule has 0 saturated carbocycles. The Morgan fingerprint density at radius 2 is 2.13 bits per heavy atom. The third-order valence-electron chi connectivity index (χ3n) is 2.57. The number of dihydropyridines is 1. The van der Waals surface area contributed by atoms with Gasteiger partial charge in [0.05, 0.1) is 17.5 Å². The molecule has 70 valence electrons. The molecule has 1 atom stereocenters. The smallest absolute Gasteiger partial charge is 0.178 e. The van der Waals surface area contributed by atoms with Crippen LogP contribution in [0.25, 0.3) is 5.57 Å². The molecule has 1 unspecified atom stereocenters. The highest BCUT2D eigenvalue weighted by Gasteiger charge is 2.27. The Morgan fingerprint density at radius 3 is 3.00 bits per heavy atom. The minimum Gasteiger partial charge on any atom is -0.268 e. The fourth-order valence-corrected chi connectivity index (χ4v) is 1.88. The number of aliphatic imine (C=N–C) groups is 2. The van der Waals surface area contributed by atoms with Crippen LogP contribution in [0.1, 0.15) is 5.56 Å². The van der Waals surface area contributed by atoms with E-state index in [9.17, 15) is 0 Å². The van der Waals surface area contributed by atoms with Gasteiger partial charge in [-0.25, -0.2) is 4.99 Å². The van der Waals surface area contributed by atoms with Crippen LogP contribution in [0.3, 0.4) is 0 Å². The van der Waals surface area contributed by atoms with Crippen LogP contribution < -0.4 is 0 Å². The quantitative estimate of drug-likeness (QED) is 0.622. The van der Waals surface area contributed by atoms with E-state index in [2.05, 4.69) is 16.1 Å². The van der Waals surface area contributed by atoms with E-state index in [0.717, 1.165) is 22.5 Å². The zero-order valence-corrected chi connectivity index (χ0v) is 7.88. The van der Waals surface area contributed by atoms with Crippen molar-refractivity contribution in [1.82, 2.24) is 0 Å². The molecule has 0 aromatic heterocycles. The van der Waals surface area contributed by atoms with E-state index in [1.54, 1.807) is 6.21 Å². The molecule has 3 rings (SSSR count). The van der Waals surface area contributed by atoms with Gasteiger partial charge in [-0.15, -0.1) is 0 Å². The standard InChI is InChI=1S/C12H7N3/c13-7-11-12-9(5-6-14-11)8-3-1-2-4-10(8)15-12/h1-6,11H. The first kappa shape index (κ1) is 8.13. The highest BCUT2D eigenvalue weighted by atomic mass is 14.9. The van der Waals surface area contributed by atoms with Gasteiger partial charge in [0.2, 0.25) is 0 Å². The summed E-state index contributed by atoms with van der Waals surface area (Å²) in [5.74, 6) is 0. The van der Waals surface area contributed by atoms with Crippen molar-refractivity contribution in [3.05, 3.63) is 35.9 Å². The van der Waals surface area contributed by atoms with Crippen molar-refractivity contribution in [3.8, 4) is 6.07 Å². The topological polar surface area (TPSA) is 48.5 Å². The normalized spacial score (nSPS) is 21.1. The van der Waals surface area contributed by atoms with Crippen LogP contribution in [0.5, 0.6) is 0 Å². The summed E-state index contributed by atoms with van der Waals surface area (Å²) in [6.07, 6.45) is 3.60. The molecular weight excluding hydrogens is 186 g/mol. The number of nitrogens with zero attached hydrogens (tertiary/aromatic N) is 3. The van der Waals surface area contributed by atoms with Gasteiger partial charge in [-0.2, -0.15) is 5.26 Å². The van der Waals surface area contributed by atoms with Gasteiger partial charge in [-0.3, -0.25) is 4.99 Å². The summed E-state index contributed by atoms with van der Waals surface area (Å²) in [4.78, 5) is 8.52. The van der Waals surface area contributed by atoms with Crippen LogP contribution in [0.2, 0.25) is 0 Å². The van der Waals surface area contributed by atoms with Gasteiger partial charge in [0.1, 0.15) is 0 Å². The number of para-hydroxylation sites is 1. The lowest BCUT2D eigenvalue weighted by Crippen LogP contribution is -2.18. The Balaban J connectivity index is 2.21. The molecule has 3 heteroatoms. The van der Waals surface area contributed by atoms with Crippen molar-refractivity contribution >= 4 is 23.2 Å². The fraction of sp³-hybridized carbons (Fsp3) is 0.0833. The van der Waals surface area contributed by atoms with Crippen molar-refractivity contribution in [1.29, 1.82) is 5.26 Å². The van der Waals surface area contributed by atoms with E-state index < -0.39 is 6.04 Å². The average molecular weight is 193 g/mol. The van der Waals surface area contributed by atoms with Gasteiger partial charge >= 0.3 is 0 Å². The highest BCUT2D eigenvalue weighted by molar-refractivity contribution is 6.35. The molecule has 1 aromatic carbocycles. The molecule has 15 heavy (non-hydrogen) atoms. The second-order valence-corrected chi connectivity index (χ2v) is 3.42. The second kappa shape index (κ2) is 2.89. The number of benzene rings is 1. The lowest BCUT2D eigenvalue weighted by Gasteiger charge is -2.09. The van der Waals surface area contributed by atoms with E-state index in [1.165, 1.54) is 0 Å². The van der Waals surface area contributed by atoms with E-state index in [0.29, 0.717) is 0 Å². The molecule has 0 bridgehead atoms. The molecule has 2 aliphatic rings. The summed E-state index contributed by atoms with van der Waals surface area (Å²) in [5.41, 5.74) is 3.84. The maximum atomic E-state index is 8.95. The minimum absolute atomic E-state index is 0.447. The van der Waals surface area contributed by atoms with Crippen LogP contribution in [-0.4, -0.2) is 18.0 Å². The SMILES string of the molecule is N#CC1N=CC=C2C1=Nc1ccccc12. The molecule has 0 amide bonds. The van der Waals surface area contributed by atoms with E-state index in [4.69, 9.17) is 5.26 Å². The van der Waals surface area contributed by atoms with Crippen LogP contribution in [0.4, 0.5) is 5.69 Å². The summed E-state index contributed by atoms with van der Waals surface area (Å²) >= 11 is 0. The predicted octanol–water partition coefficient (Wildman–Crippen LogP) is 2.13. The highest BCUT2D eigenvalue weighted by Crippen LogP contribution is 2.36. The predicted molar refractivity (Wildman–Crippen MR) is 59.4 cm³/mol. The van der Waals surface area contributed by atoms with Gasteiger partial charge in [0, 0.05) is 17.4 Å². The molecule has 2 heterocycles. The van der Waals surface area contributed by atoms with Crippen LogP contribution in [0.15, 0.2) is 40.3 Å². The van der Waals surface area contributed by atoms with Crippen LogP contribution in [0, 0.1) is 11.3 Å². The van der Waals surface area contributed by atoms with Gasteiger partial charge in [0.25, 0.3) is 0 Å². The number of nitriles is 1. The maximum Gasteiger partial charge on any atom is 0.178 e. The molecule has 3 nitrogen and oxygen atoms in total. The third kappa shape index (κ3) is 1.05. The zero-order valence-electron chi connectivity index (χ0n) is 7.88. The summed E-state index contributed by atoms with van der Waals surface area (Å²) < 4.78 is 0. The first-order valence-electron chi connectivity index (χ1n) is 4.71. The van der Waals surface area contributed by atoms with Crippen molar-refractivity contribution in [2.24, 2.45) is 9.98 Å². The molecule has 2 aliphatic heterocycles.